The van der Waals surface area contributed by atoms with Gasteiger partial charge >= 0.3 is 0 Å². The van der Waals surface area contributed by atoms with E-state index in [0.29, 0.717) is 5.82 Å². The molecule has 24 heavy (non-hydrogen) atoms. The molecule has 0 fully saturated rings. The summed E-state index contributed by atoms with van der Waals surface area (Å²) in [6, 6.07) is 10.8. The summed E-state index contributed by atoms with van der Waals surface area (Å²) in [7, 11) is 1.95. The molecule has 3 aromatic rings. The molecule has 0 saturated carbocycles. The Bertz CT molecular complexity index is 773. The van der Waals surface area contributed by atoms with Gasteiger partial charge in [-0.05, 0) is 48.4 Å². The maximum atomic E-state index is 11.9. The topological polar surface area (TPSA) is 84.2 Å². The molecule has 3 aromatic heterocycles. The predicted octanol–water partition coefficient (Wildman–Crippen LogP) is 2.40. The van der Waals surface area contributed by atoms with Gasteiger partial charge in [-0.2, -0.15) is 0 Å². The highest BCUT2D eigenvalue weighted by Crippen LogP contribution is 2.12. The number of anilines is 2. The van der Waals surface area contributed by atoms with Crippen molar-refractivity contribution < 1.29 is 9.21 Å². The number of hydrogen-bond acceptors (Lipinski definition) is 6. The fourth-order valence-electron chi connectivity index (χ4n) is 2.14. The maximum absolute atomic E-state index is 11.9. The minimum Gasteiger partial charge on any atom is -0.459 e. The van der Waals surface area contributed by atoms with E-state index < -0.39 is 0 Å². The first kappa shape index (κ1) is 15.7. The van der Waals surface area contributed by atoms with Gasteiger partial charge in [0.05, 0.1) is 6.26 Å². The lowest BCUT2D eigenvalue weighted by Gasteiger charge is -2.17. The third-order valence-corrected chi connectivity index (χ3v) is 3.51. The van der Waals surface area contributed by atoms with Gasteiger partial charge in [-0.15, -0.1) is 10.2 Å². The zero-order chi connectivity index (χ0) is 16.8. The molecular weight excluding hydrogens is 306 g/mol. The molecule has 0 aromatic carbocycles. The van der Waals surface area contributed by atoms with Gasteiger partial charge in [-0.25, -0.2) is 0 Å². The molecule has 3 rings (SSSR count). The Labute approximate surface area is 139 Å². The first-order valence-electron chi connectivity index (χ1n) is 7.51. The summed E-state index contributed by atoms with van der Waals surface area (Å²) in [6.45, 7) is 0.802. The molecule has 0 aliphatic rings. The predicted molar refractivity (Wildman–Crippen MR) is 89.9 cm³/mol. The van der Waals surface area contributed by atoms with Crippen molar-refractivity contribution in [1.29, 1.82) is 0 Å². The van der Waals surface area contributed by atoms with E-state index in [4.69, 9.17) is 4.42 Å². The highest BCUT2D eigenvalue weighted by atomic mass is 16.3. The van der Waals surface area contributed by atoms with Crippen LogP contribution in [0.3, 0.4) is 0 Å². The van der Waals surface area contributed by atoms with Crippen molar-refractivity contribution >= 4 is 17.5 Å². The van der Waals surface area contributed by atoms with Crippen molar-refractivity contribution in [3.8, 4) is 0 Å². The van der Waals surface area contributed by atoms with Gasteiger partial charge in [0.2, 0.25) is 0 Å². The fraction of sp³-hybridized carbons (Fsp3) is 0.176. The van der Waals surface area contributed by atoms with Crippen LogP contribution in [0, 0.1) is 0 Å². The van der Waals surface area contributed by atoms with Gasteiger partial charge in [-0.3, -0.25) is 9.78 Å². The summed E-state index contributed by atoms with van der Waals surface area (Å²) in [5, 5.41) is 10.8. The van der Waals surface area contributed by atoms with Gasteiger partial charge in [0.15, 0.2) is 17.4 Å². The van der Waals surface area contributed by atoms with Crippen LogP contribution in [-0.2, 0) is 6.42 Å². The molecule has 0 spiro atoms. The Kier molecular flexibility index (Phi) is 4.81. The normalized spacial score (nSPS) is 10.4. The summed E-state index contributed by atoms with van der Waals surface area (Å²) in [6.07, 6.45) is 5.90. The van der Waals surface area contributed by atoms with Gasteiger partial charge in [0.1, 0.15) is 0 Å². The average molecular weight is 323 g/mol. The van der Waals surface area contributed by atoms with Crippen molar-refractivity contribution in [2.24, 2.45) is 0 Å². The number of nitrogens with one attached hydrogen (secondary N) is 1. The van der Waals surface area contributed by atoms with Crippen molar-refractivity contribution in [3.63, 3.8) is 0 Å². The minimum absolute atomic E-state index is 0.232. The second-order valence-corrected chi connectivity index (χ2v) is 5.24. The van der Waals surface area contributed by atoms with E-state index in [-0.39, 0.29) is 11.7 Å². The maximum Gasteiger partial charge on any atom is 0.292 e. The molecule has 7 nitrogen and oxygen atoms in total. The van der Waals surface area contributed by atoms with E-state index in [2.05, 4.69) is 20.5 Å². The average Bonchev–Trinajstić information content (AvgIpc) is 3.16. The van der Waals surface area contributed by atoms with Crippen LogP contribution >= 0.6 is 0 Å². The lowest BCUT2D eigenvalue weighted by Crippen LogP contribution is -2.22. The lowest BCUT2D eigenvalue weighted by molar-refractivity contribution is 0.0996. The minimum atomic E-state index is -0.354. The molecule has 0 radical (unpaired) electrons. The number of rotatable bonds is 6. The van der Waals surface area contributed by atoms with Crippen LogP contribution < -0.4 is 10.2 Å². The van der Waals surface area contributed by atoms with Crippen molar-refractivity contribution in [3.05, 3.63) is 66.4 Å². The van der Waals surface area contributed by atoms with E-state index in [1.54, 1.807) is 30.6 Å². The van der Waals surface area contributed by atoms with Gasteiger partial charge in [0.25, 0.3) is 5.91 Å². The first-order valence-corrected chi connectivity index (χ1v) is 7.51. The quantitative estimate of drug-likeness (QED) is 0.750. The molecular formula is C17H17N5O2. The van der Waals surface area contributed by atoms with Crippen molar-refractivity contribution in [2.45, 2.75) is 6.42 Å². The summed E-state index contributed by atoms with van der Waals surface area (Å²) in [5.41, 5.74) is 1.21. The Morgan fingerprint density at radius 3 is 2.67 bits per heavy atom. The van der Waals surface area contributed by atoms with E-state index >= 15 is 0 Å². The largest absolute Gasteiger partial charge is 0.459 e. The number of nitrogens with zero attached hydrogens (tertiary/aromatic N) is 4. The Morgan fingerprint density at radius 2 is 2.00 bits per heavy atom. The van der Waals surface area contributed by atoms with Crippen LogP contribution in [0.25, 0.3) is 0 Å². The van der Waals surface area contributed by atoms with E-state index in [0.717, 1.165) is 18.8 Å². The number of carbonyl (C=O) groups is 1. The number of likely N-dealkylation sites (N-methyl/N-ethyl adjacent to an activating group) is 1. The van der Waals surface area contributed by atoms with Gasteiger partial charge in [0, 0.05) is 26.0 Å². The zero-order valence-electron chi connectivity index (χ0n) is 13.2. The number of aromatic nitrogens is 3. The van der Waals surface area contributed by atoms with Crippen LogP contribution in [0.2, 0.25) is 0 Å². The van der Waals surface area contributed by atoms with Crippen molar-refractivity contribution in [2.75, 3.05) is 23.8 Å². The number of carbonyl (C=O) groups excluding carboxylic acids is 1. The number of pyridine rings is 1. The van der Waals surface area contributed by atoms with Crippen LogP contribution in [0.4, 0.5) is 11.6 Å². The molecule has 0 aliphatic carbocycles. The van der Waals surface area contributed by atoms with Crippen LogP contribution in [0.5, 0.6) is 0 Å². The van der Waals surface area contributed by atoms with Crippen molar-refractivity contribution in [1.82, 2.24) is 15.2 Å². The highest BCUT2D eigenvalue weighted by Gasteiger charge is 2.10. The lowest BCUT2D eigenvalue weighted by atomic mass is 10.2. The van der Waals surface area contributed by atoms with Crippen LogP contribution in [0.1, 0.15) is 16.1 Å². The first-order chi connectivity index (χ1) is 11.7. The Balaban J connectivity index is 1.56. The Hall–Kier alpha value is -3.22. The molecule has 0 unspecified atom stereocenters. The molecule has 122 valence electrons. The number of furan rings is 1. The molecule has 0 saturated heterocycles. The fourth-order valence-corrected chi connectivity index (χ4v) is 2.14. The molecule has 7 heteroatoms. The van der Waals surface area contributed by atoms with Crippen LogP contribution in [0.15, 0.2) is 59.5 Å². The second kappa shape index (κ2) is 7.36. The third kappa shape index (κ3) is 3.95. The molecule has 1 amide bonds. The molecule has 0 atom stereocenters. The molecule has 0 aliphatic heterocycles. The molecule has 3 heterocycles. The summed E-state index contributed by atoms with van der Waals surface area (Å²) in [4.78, 5) is 17.9. The number of amides is 1. The van der Waals surface area contributed by atoms with E-state index in [9.17, 15) is 4.79 Å². The third-order valence-electron chi connectivity index (χ3n) is 3.51. The van der Waals surface area contributed by atoms with Gasteiger partial charge < -0.3 is 14.6 Å². The monoisotopic (exact) mass is 323 g/mol. The van der Waals surface area contributed by atoms with E-state index in [1.807, 2.05) is 30.1 Å². The highest BCUT2D eigenvalue weighted by molar-refractivity contribution is 6.01. The SMILES string of the molecule is CN(CCc1ccncc1)c1ccc(NC(=O)c2ccco2)nn1. The molecule has 1 N–H and O–H groups in total. The summed E-state index contributed by atoms with van der Waals surface area (Å²) in [5.74, 6) is 0.992. The van der Waals surface area contributed by atoms with E-state index in [1.165, 1.54) is 11.8 Å². The summed E-state index contributed by atoms with van der Waals surface area (Å²) >= 11 is 0. The summed E-state index contributed by atoms with van der Waals surface area (Å²) < 4.78 is 5.03. The standard InChI is InChI=1S/C17H17N5O2/c1-22(11-8-13-6-9-18-10-7-13)16-5-4-15(20-21-16)19-17(23)14-3-2-12-24-14/h2-7,9-10,12H,8,11H2,1H3,(H,19,20,23). The molecule has 0 bridgehead atoms. The Morgan fingerprint density at radius 1 is 1.17 bits per heavy atom. The smallest absolute Gasteiger partial charge is 0.292 e. The van der Waals surface area contributed by atoms with Gasteiger partial charge in [-0.1, -0.05) is 0 Å². The number of hydrogen-bond donors (Lipinski definition) is 1. The second-order valence-electron chi connectivity index (χ2n) is 5.24. The van der Waals surface area contributed by atoms with Crippen LogP contribution in [-0.4, -0.2) is 34.7 Å². The zero-order valence-corrected chi connectivity index (χ0v) is 13.2.